The first-order chi connectivity index (χ1) is 9.04. The predicted octanol–water partition coefficient (Wildman–Crippen LogP) is 0.992. The van der Waals surface area contributed by atoms with E-state index in [1.807, 2.05) is 4.90 Å². The van der Waals surface area contributed by atoms with Crippen LogP contribution in [0.2, 0.25) is 0 Å². The van der Waals surface area contributed by atoms with Crippen LogP contribution >= 0.6 is 11.8 Å². The highest BCUT2D eigenvalue weighted by atomic mass is 32.2. The van der Waals surface area contributed by atoms with Crippen molar-refractivity contribution in [3.8, 4) is 0 Å². The number of aromatic nitrogens is 2. The van der Waals surface area contributed by atoms with Crippen LogP contribution in [0.5, 0.6) is 0 Å². The van der Waals surface area contributed by atoms with Gasteiger partial charge < -0.3 is 16.4 Å². The van der Waals surface area contributed by atoms with Gasteiger partial charge in [-0.1, -0.05) is 18.7 Å². The average Bonchev–Trinajstić information content (AvgIpc) is 2.35. The van der Waals surface area contributed by atoms with Crippen LogP contribution in [0.15, 0.2) is 11.2 Å². The van der Waals surface area contributed by atoms with Crippen LogP contribution < -0.4 is 11.5 Å². The van der Waals surface area contributed by atoms with Gasteiger partial charge in [-0.25, -0.2) is 9.97 Å². The van der Waals surface area contributed by atoms with Crippen molar-refractivity contribution < 1.29 is 4.79 Å². The molecule has 0 aromatic carbocycles. The Morgan fingerprint density at radius 2 is 2.16 bits per heavy atom. The predicted molar refractivity (Wildman–Crippen MR) is 76.6 cm³/mol. The number of piperidine rings is 1. The van der Waals surface area contributed by atoms with Crippen LogP contribution in [0, 0.1) is 5.92 Å². The molecule has 1 fully saturated rings. The second-order valence-corrected chi connectivity index (χ2v) is 5.82. The van der Waals surface area contributed by atoms with Gasteiger partial charge in [0.25, 0.3) is 0 Å². The second-order valence-electron chi connectivity index (χ2n) is 4.88. The lowest BCUT2D eigenvalue weighted by atomic mass is 10.0. The Hall–Kier alpha value is -1.50. The van der Waals surface area contributed by atoms with Crippen molar-refractivity contribution in [3.05, 3.63) is 6.07 Å². The summed E-state index contributed by atoms with van der Waals surface area (Å²) in [5.74, 6) is 1.70. The van der Waals surface area contributed by atoms with Crippen molar-refractivity contribution in [1.82, 2.24) is 14.9 Å². The van der Waals surface area contributed by atoms with E-state index in [0.717, 1.165) is 19.5 Å². The van der Waals surface area contributed by atoms with E-state index in [4.69, 9.17) is 11.5 Å². The van der Waals surface area contributed by atoms with Gasteiger partial charge in [-0.2, -0.15) is 0 Å². The minimum Gasteiger partial charge on any atom is -0.383 e. The largest absolute Gasteiger partial charge is 0.383 e. The molecule has 1 aliphatic rings. The number of carbonyl (C=O) groups excluding carboxylic acids is 1. The number of rotatable bonds is 3. The molecule has 1 aliphatic heterocycles. The number of amides is 1. The molecule has 0 aliphatic carbocycles. The lowest BCUT2D eigenvalue weighted by molar-refractivity contribution is -0.130. The molecule has 104 valence electrons. The van der Waals surface area contributed by atoms with Crippen LogP contribution in [-0.4, -0.2) is 39.6 Å². The molecule has 2 rings (SSSR count). The number of thioether (sulfide) groups is 1. The highest BCUT2D eigenvalue weighted by Crippen LogP contribution is 2.20. The van der Waals surface area contributed by atoms with Crippen molar-refractivity contribution >= 4 is 29.3 Å². The summed E-state index contributed by atoms with van der Waals surface area (Å²) in [5.41, 5.74) is 11.2. The average molecular weight is 281 g/mol. The number of likely N-dealkylation sites (tertiary alicyclic amines) is 1. The molecule has 0 unspecified atom stereocenters. The van der Waals surface area contributed by atoms with E-state index in [0.29, 0.717) is 28.5 Å². The van der Waals surface area contributed by atoms with Crippen molar-refractivity contribution in [3.63, 3.8) is 0 Å². The van der Waals surface area contributed by atoms with Crippen LogP contribution in [0.25, 0.3) is 0 Å². The number of anilines is 2. The molecular formula is C12H19N5OS. The Kier molecular flexibility index (Phi) is 4.47. The summed E-state index contributed by atoms with van der Waals surface area (Å²) in [6.45, 7) is 3.87. The molecule has 1 amide bonds. The molecule has 1 aromatic heterocycles. The molecule has 0 spiro atoms. The highest BCUT2D eigenvalue weighted by Gasteiger charge is 2.21. The zero-order valence-corrected chi connectivity index (χ0v) is 11.8. The fraction of sp³-hybridized carbons (Fsp3) is 0.583. The summed E-state index contributed by atoms with van der Waals surface area (Å²) < 4.78 is 0. The normalized spacial score (nSPS) is 19.4. The molecule has 7 heteroatoms. The molecule has 19 heavy (non-hydrogen) atoms. The van der Waals surface area contributed by atoms with Crippen molar-refractivity contribution in [2.45, 2.75) is 24.9 Å². The number of hydrogen-bond acceptors (Lipinski definition) is 6. The molecule has 4 N–H and O–H groups in total. The molecular weight excluding hydrogens is 262 g/mol. The minimum absolute atomic E-state index is 0.126. The maximum absolute atomic E-state index is 12.1. The van der Waals surface area contributed by atoms with Gasteiger partial charge in [0.05, 0.1) is 5.75 Å². The van der Waals surface area contributed by atoms with E-state index in [1.165, 1.54) is 24.2 Å². The first kappa shape index (κ1) is 13.9. The second kappa shape index (κ2) is 6.10. The molecule has 0 radical (unpaired) electrons. The molecule has 0 bridgehead atoms. The number of nitrogen functional groups attached to an aromatic ring is 2. The fourth-order valence-electron chi connectivity index (χ4n) is 2.16. The lowest BCUT2D eigenvalue weighted by Crippen LogP contribution is -2.40. The van der Waals surface area contributed by atoms with E-state index < -0.39 is 0 Å². The van der Waals surface area contributed by atoms with Gasteiger partial charge in [0.15, 0.2) is 5.16 Å². The van der Waals surface area contributed by atoms with Crippen molar-refractivity contribution in [1.29, 1.82) is 0 Å². The maximum atomic E-state index is 12.1. The van der Waals surface area contributed by atoms with Gasteiger partial charge in [0.2, 0.25) is 5.91 Å². The SMILES string of the molecule is C[C@@H]1CCCN(C(=O)CSc2nc(N)cc(N)n2)C1. The highest BCUT2D eigenvalue weighted by molar-refractivity contribution is 7.99. The van der Waals surface area contributed by atoms with E-state index in [9.17, 15) is 4.79 Å². The molecule has 6 nitrogen and oxygen atoms in total. The Morgan fingerprint density at radius 3 is 2.79 bits per heavy atom. The number of hydrogen-bond donors (Lipinski definition) is 2. The van der Waals surface area contributed by atoms with Crippen LogP contribution in [0.1, 0.15) is 19.8 Å². The van der Waals surface area contributed by atoms with Crippen molar-refractivity contribution in [2.24, 2.45) is 5.92 Å². The molecule has 1 atom stereocenters. The zero-order chi connectivity index (χ0) is 13.8. The van der Waals surface area contributed by atoms with E-state index in [-0.39, 0.29) is 5.91 Å². The molecule has 0 saturated carbocycles. The summed E-state index contributed by atoms with van der Waals surface area (Å²) in [7, 11) is 0. The third kappa shape index (κ3) is 3.99. The van der Waals surface area contributed by atoms with Gasteiger partial charge >= 0.3 is 0 Å². The topological polar surface area (TPSA) is 98.1 Å². The van der Waals surface area contributed by atoms with Crippen LogP contribution in [0.4, 0.5) is 11.6 Å². The summed E-state index contributed by atoms with van der Waals surface area (Å²) >= 11 is 1.28. The van der Waals surface area contributed by atoms with E-state index in [2.05, 4.69) is 16.9 Å². The summed E-state index contributed by atoms with van der Waals surface area (Å²) in [6, 6.07) is 1.50. The van der Waals surface area contributed by atoms with Crippen LogP contribution in [-0.2, 0) is 4.79 Å². The van der Waals surface area contributed by atoms with Gasteiger partial charge in [-0.3, -0.25) is 4.79 Å². The van der Waals surface area contributed by atoms with Gasteiger partial charge in [0, 0.05) is 19.2 Å². The molecule has 1 aromatic rings. The Morgan fingerprint density at radius 1 is 1.47 bits per heavy atom. The first-order valence-electron chi connectivity index (χ1n) is 6.35. The van der Waals surface area contributed by atoms with Gasteiger partial charge in [-0.05, 0) is 18.8 Å². The zero-order valence-electron chi connectivity index (χ0n) is 11.0. The minimum atomic E-state index is 0.126. The summed E-state index contributed by atoms with van der Waals surface area (Å²) in [5, 5.41) is 0.455. The standard InChI is InChI=1S/C12H19N5OS/c1-8-3-2-4-17(6-8)11(18)7-19-12-15-9(13)5-10(14)16-12/h5,8H,2-4,6-7H2,1H3,(H4,13,14,15,16)/t8-/m1/s1. The van der Waals surface area contributed by atoms with Crippen molar-refractivity contribution in [2.75, 3.05) is 30.3 Å². The Bertz CT molecular complexity index is 447. The molecule has 2 heterocycles. The van der Waals surface area contributed by atoms with Gasteiger partial charge in [0.1, 0.15) is 11.6 Å². The first-order valence-corrected chi connectivity index (χ1v) is 7.34. The number of nitrogens with zero attached hydrogens (tertiary/aromatic N) is 3. The summed E-state index contributed by atoms with van der Waals surface area (Å²) in [6.07, 6.45) is 2.28. The maximum Gasteiger partial charge on any atom is 0.233 e. The Labute approximate surface area is 117 Å². The smallest absolute Gasteiger partial charge is 0.233 e. The number of carbonyl (C=O) groups is 1. The number of nitrogens with two attached hydrogens (primary N) is 2. The molecule has 1 saturated heterocycles. The van der Waals surface area contributed by atoms with Gasteiger partial charge in [-0.15, -0.1) is 0 Å². The third-order valence-corrected chi connectivity index (χ3v) is 3.91. The van der Waals surface area contributed by atoms with E-state index >= 15 is 0 Å². The summed E-state index contributed by atoms with van der Waals surface area (Å²) in [4.78, 5) is 22.1. The van der Waals surface area contributed by atoms with Crippen LogP contribution in [0.3, 0.4) is 0 Å². The Balaban J connectivity index is 1.89. The fourth-order valence-corrected chi connectivity index (χ4v) is 2.94. The quantitative estimate of drug-likeness (QED) is 0.633. The lowest BCUT2D eigenvalue weighted by Gasteiger charge is -2.30. The monoisotopic (exact) mass is 281 g/mol. The van der Waals surface area contributed by atoms with E-state index in [1.54, 1.807) is 0 Å². The third-order valence-electron chi connectivity index (χ3n) is 3.08.